The van der Waals surface area contributed by atoms with Gasteiger partial charge >= 0.3 is 0 Å². The number of amides is 1. The topological polar surface area (TPSA) is 58.8 Å². The van der Waals surface area contributed by atoms with E-state index < -0.39 is 0 Å². The molecule has 1 saturated carbocycles. The van der Waals surface area contributed by atoms with Gasteiger partial charge in [0.25, 0.3) is 0 Å². The van der Waals surface area contributed by atoms with E-state index in [-0.39, 0.29) is 36.8 Å². The van der Waals surface area contributed by atoms with E-state index in [1.165, 1.54) is 6.42 Å². The summed E-state index contributed by atoms with van der Waals surface area (Å²) in [6, 6.07) is 7.64. The Balaban J connectivity index is 0.00000182. The zero-order valence-corrected chi connectivity index (χ0v) is 17.9. The third-order valence-corrected chi connectivity index (χ3v) is 5.62. The summed E-state index contributed by atoms with van der Waals surface area (Å²) in [6.45, 7) is 4.95. The lowest BCUT2D eigenvalue weighted by Crippen LogP contribution is -2.50. The standard InChI is InChI=1S/C19H28ClN3O2.2ClH/c20-16-4-6-17(7-5-16)25-13-12-22-8-10-23(11-9-22)19(24)14-15-2-1-3-18(15)21;;/h4-7,15,18H,1-3,8-14,21H2;2*1H/t15-,18+;;/m0../s1. The van der Waals surface area contributed by atoms with Gasteiger partial charge < -0.3 is 15.4 Å². The number of piperazine rings is 1. The molecule has 5 nitrogen and oxygen atoms in total. The minimum absolute atomic E-state index is 0. The lowest BCUT2D eigenvalue weighted by Gasteiger charge is -2.35. The van der Waals surface area contributed by atoms with Crippen LogP contribution in [0.2, 0.25) is 5.02 Å². The molecule has 2 atom stereocenters. The number of halogens is 3. The Bertz CT molecular complexity index is 566. The molecule has 27 heavy (non-hydrogen) atoms. The highest BCUT2D eigenvalue weighted by Crippen LogP contribution is 2.27. The normalized spacial score (nSPS) is 22.7. The van der Waals surface area contributed by atoms with Gasteiger partial charge in [-0.2, -0.15) is 0 Å². The lowest BCUT2D eigenvalue weighted by molar-refractivity contribution is -0.134. The van der Waals surface area contributed by atoms with Crippen LogP contribution in [0.4, 0.5) is 0 Å². The van der Waals surface area contributed by atoms with Gasteiger partial charge in [-0.3, -0.25) is 9.69 Å². The first-order chi connectivity index (χ1) is 12.1. The van der Waals surface area contributed by atoms with Crippen molar-refractivity contribution in [3.8, 4) is 5.75 Å². The second-order valence-electron chi connectivity index (χ2n) is 7.08. The van der Waals surface area contributed by atoms with Gasteiger partial charge in [-0.05, 0) is 43.0 Å². The van der Waals surface area contributed by atoms with Crippen molar-refractivity contribution in [2.75, 3.05) is 39.3 Å². The van der Waals surface area contributed by atoms with E-state index in [0.29, 0.717) is 24.0 Å². The van der Waals surface area contributed by atoms with E-state index in [0.717, 1.165) is 51.3 Å². The minimum atomic E-state index is 0. The number of hydrogen-bond acceptors (Lipinski definition) is 4. The summed E-state index contributed by atoms with van der Waals surface area (Å²) >= 11 is 5.87. The van der Waals surface area contributed by atoms with Crippen LogP contribution >= 0.6 is 36.4 Å². The molecule has 1 heterocycles. The summed E-state index contributed by atoms with van der Waals surface area (Å²) < 4.78 is 5.74. The maximum Gasteiger partial charge on any atom is 0.222 e. The molecule has 0 bridgehead atoms. The molecule has 3 rings (SSSR count). The van der Waals surface area contributed by atoms with Crippen LogP contribution in [0.3, 0.4) is 0 Å². The quantitative estimate of drug-likeness (QED) is 0.741. The van der Waals surface area contributed by atoms with E-state index >= 15 is 0 Å². The highest BCUT2D eigenvalue weighted by Gasteiger charge is 2.29. The van der Waals surface area contributed by atoms with Crippen LogP contribution in [0.5, 0.6) is 5.75 Å². The fourth-order valence-electron chi connectivity index (χ4n) is 3.72. The first-order valence-corrected chi connectivity index (χ1v) is 9.63. The minimum Gasteiger partial charge on any atom is -0.492 e. The molecular weight excluding hydrogens is 409 g/mol. The van der Waals surface area contributed by atoms with Gasteiger partial charge in [-0.15, -0.1) is 24.8 Å². The number of rotatable bonds is 6. The molecule has 8 heteroatoms. The highest BCUT2D eigenvalue weighted by atomic mass is 35.5. The maximum atomic E-state index is 12.4. The molecule has 0 spiro atoms. The molecule has 0 radical (unpaired) electrons. The largest absolute Gasteiger partial charge is 0.492 e. The molecule has 1 aliphatic heterocycles. The average molecular weight is 439 g/mol. The molecule has 1 aromatic carbocycles. The van der Waals surface area contributed by atoms with E-state index in [1.807, 2.05) is 29.2 Å². The van der Waals surface area contributed by atoms with Crippen molar-refractivity contribution in [1.29, 1.82) is 0 Å². The van der Waals surface area contributed by atoms with Crippen LogP contribution in [0.1, 0.15) is 25.7 Å². The first-order valence-electron chi connectivity index (χ1n) is 9.26. The van der Waals surface area contributed by atoms with E-state index in [4.69, 9.17) is 22.1 Å². The van der Waals surface area contributed by atoms with E-state index in [2.05, 4.69) is 4.90 Å². The molecule has 154 valence electrons. The summed E-state index contributed by atoms with van der Waals surface area (Å²) in [4.78, 5) is 16.8. The average Bonchev–Trinajstić information content (AvgIpc) is 3.02. The van der Waals surface area contributed by atoms with Gasteiger partial charge in [0.15, 0.2) is 0 Å². The molecule has 2 aliphatic rings. The van der Waals surface area contributed by atoms with Gasteiger partial charge in [0.1, 0.15) is 12.4 Å². The monoisotopic (exact) mass is 437 g/mol. The molecule has 0 unspecified atom stereocenters. The molecule has 1 aromatic rings. The predicted octanol–water partition coefficient (Wildman–Crippen LogP) is 3.22. The molecular formula is C19H30Cl3N3O2. The Kier molecular flexibility index (Phi) is 10.8. The summed E-state index contributed by atoms with van der Waals surface area (Å²) in [5, 5.41) is 0.715. The predicted molar refractivity (Wildman–Crippen MR) is 114 cm³/mol. The van der Waals surface area contributed by atoms with E-state index in [9.17, 15) is 4.79 Å². The van der Waals surface area contributed by atoms with Crippen LogP contribution in [0, 0.1) is 5.92 Å². The molecule has 1 amide bonds. The number of carbonyl (C=O) groups excluding carboxylic acids is 1. The van der Waals surface area contributed by atoms with Crippen molar-refractivity contribution >= 4 is 42.3 Å². The molecule has 1 aliphatic carbocycles. The van der Waals surface area contributed by atoms with Crippen molar-refractivity contribution in [2.24, 2.45) is 11.7 Å². The van der Waals surface area contributed by atoms with Gasteiger partial charge in [0.2, 0.25) is 5.91 Å². The third kappa shape index (κ3) is 7.31. The molecule has 2 N–H and O–H groups in total. The van der Waals surface area contributed by atoms with Crippen molar-refractivity contribution in [3.05, 3.63) is 29.3 Å². The van der Waals surface area contributed by atoms with Crippen molar-refractivity contribution in [1.82, 2.24) is 9.80 Å². The van der Waals surface area contributed by atoms with Gasteiger partial charge in [-0.25, -0.2) is 0 Å². The number of nitrogens with zero attached hydrogens (tertiary/aromatic N) is 2. The van der Waals surface area contributed by atoms with Crippen LogP contribution in [0.15, 0.2) is 24.3 Å². The molecule has 1 saturated heterocycles. The Labute approximate surface area is 179 Å². The van der Waals surface area contributed by atoms with Gasteiger partial charge in [0, 0.05) is 50.2 Å². The fraction of sp³-hybridized carbons (Fsp3) is 0.632. The molecule has 0 aromatic heterocycles. The Hall–Kier alpha value is -0.720. The van der Waals surface area contributed by atoms with E-state index in [1.54, 1.807) is 0 Å². The SMILES string of the molecule is Cl.Cl.N[C@@H]1CCC[C@H]1CC(=O)N1CCN(CCOc2ccc(Cl)cc2)CC1. The van der Waals surface area contributed by atoms with Gasteiger partial charge in [0.05, 0.1) is 0 Å². The van der Waals surface area contributed by atoms with Crippen LogP contribution in [-0.2, 0) is 4.79 Å². The Morgan fingerprint density at radius 1 is 1.11 bits per heavy atom. The number of carbonyl (C=O) groups is 1. The van der Waals surface area contributed by atoms with Crippen LogP contribution in [-0.4, -0.2) is 61.1 Å². The number of benzene rings is 1. The van der Waals surface area contributed by atoms with Crippen LogP contribution < -0.4 is 10.5 Å². The summed E-state index contributed by atoms with van der Waals surface area (Å²) in [5.74, 6) is 1.50. The third-order valence-electron chi connectivity index (χ3n) is 5.37. The lowest BCUT2D eigenvalue weighted by atomic mass is 9.99. The Morgan fingerprint density at radius 3 is 2.37 bits per heavy atom. The molecule has 2 fully saturated rings. The summed E-state index contributed by atoms with van der Waals surface area (Å²) in [5.41, 5.74) is 6.09. The summed E-state index contributed by atoms with van der Waals surface area (Å²) in [6.07, 6.45) is 3.97. The maximum absolute atomic E-state index is 12.4. The summed E-state index contributed by atoms with van der Waals surface area (Å²) in [7, 11) is 0. The zero-order chi connectivity index (χ0) is 17.6. The number of nitrogens with two attached hydrogens (primary N) is 1. The Morgan fingerprint density at radius 2 is 1.78 bits per heavy atom. The highest BCUT2D eigenvalue weighted by molar-refractivity contribution is 6.30. The number of ether oxygens (including phenoxy) is 1. The van der Waals surface area contributed by atoms with Gasteiger partial charge in [-0.1, -0.05) is 18.0 Å². The fourth-order valence-corrected chi connectivity index (χ4v) is 3.84. The smallest absolute Gasteiger partial charge is 0.222 e. The van der Waals surface area contributed by atoms with Crippen molar-refractivity contribution in [2.45, 2.75) is 31.7 Å². The second-order valence-corrected chi connectivity index (χ2v) is 7.52. The van der Waals surface area contributed by atoms with Crippen molar-refractivity contribution in [3.63, 3.8) is 0 Å². The van der Waals surface area contributed by atoms with Crippen molar-refractivity contribution < 1.29 is 9.53 Å². The first kappa shape index (κ1) is 24.3. The second kappa shape index (κ2) is 12.0. The van der Waals surface area contributed by atoms with Crippen LogP contribution in [0.25, 0.3) is 0 Å². The number of hydrogen-bond donors (Lipinski definition) is 1. The zero-order valence-electron chi connectivity index (χ0n) is 15.5.